The molecule has 0 fully saturated rings. The molecule has 2 nitrogen and oxygen atoms in total. The molecule has 0 aliphatic carbocycles. The molecule has 0 heterocycles. The maximum Gasteiger partial charge on any atom is 0.123 e. The van der Waals surface area contributed by atoms with Crippen LogP contribution in [-0.4, -0.2) is 10.2 Å². The van der Waals surface area contributed by atoms with Crippen LogP contribution in [0.3, 0.4) is 0 Å². The Bertz CT molecular complexity index is 372. The molecule has 0 aliphatic heterocycles. The molecule has 69 valence electrons. The van der Waals surface area contributed by atoms with Crippen molar-refractivity contribution in [2.24, 2.45) is 0 Å². The van der Waals surface area contributed by atoms with Crippen LogP contribution in [0.2, 0.25) is 0 Å². The lowest BCUT2D eigenvalue weighted by molar-refractivity contribution is 0.474. The molecule has 0 saturated heterocycles. The summed E-state index contributed by atoms with van der Waals surface area (Å²) in [7, 11) is 0. The number of phenols is 2. The molecule has 0 unspecified atom stereocenters. The van der Waals surface area contributed by atoms with Crippen molar-refractivity contribution in [2.45, 2.75) is 0 Å². The first kappa shape index (κ1) is 8.63. The molecular formula is C12H9O2. The third-order valence-electron chi connectivity index (χ3n) is 2.00. The average molecular weight is 185 g/mol. The Hall–Kier alpha value is -1.96. The predicted molar refractivity (Wildman–Crippen MR) is 54.0 cm³/mol. The summed E-state index contributed by atoms with van der Waals surface area (Å²) in [6.07, 6.45) is 0. The highest BCUT2D eigenvalue weighted by Crippen LogP contribution is 2.23. The highest BCUT2D eigenvalue weighted by atomic mass is 16.3. The second kappa shape index (κ2) is 3.42. The SMILES string of the molecule is Oc1[c]cc(-c2ccc(O)cc2)cc1. The van der Waals surface area contributed by atoms with E-state index in [1.807, 2.05) is 12.1 Å². The number of hydrogen-bond acceptors (Lipinski definition) is 2. The Morgan fingerprint density at radius 2 is 1.43 bits per heavy atom. The summed E-state index contributed by atoms with van der Waals surface area (Å²) in [6.45, 7) is 0. The summed E-state index contributed by atoms with van der Waals surface area (Å²) in [6, 6.07) is 14.7. The van der Waals surface area contributed by atoms with Crippen LogP contribution in [0.25, 0.3) is 11.1 Å². The van der Waals surface area contributed by atoms with E-state index in [1.165, 1.54) is 0 Å². The van der Waals surface area contributed by atoms with Gasteiger partial charge in [0.15, 0.2) is 0 Å². The molecule has 2 aromatic rings. The van der Waals surface area contributed by atoms with Gasteiger partial charge in [0.2, 0.25) is 0 Å². The summed E-state index contributed by atoms with van der Waals surface area (Å²) in [5.74, 6) is 0.379. The Labute approximate surface area is 82.1 Å². The van der Waals surface area contributed by atoms with Crippen LogP contribution in [0.1, 0.15) is 0 Å². The lowest BCUT2D eigenvalue weighted by Gasteiger charge is -2.01. The normalized spacial score (nSPS) is 10.0. The Kier molecular flexibility index (Phi) is 2.11. The molecule has 0 spiro atoms. The topological polar surface area (TPSA) is 40.5 Å². The first-order chi connectivity index (χ1) is 6.75. The lowest BCUT2D eigenvalue weighted by atomic mass is 10.1. The van der Waals surface area contributed by atoms with Crippen molar-refractivity contribution in [2.75, 3.05) is 0 Å². The van der Waals surface area contributed by atoms with E-state index in [9.17, 15) is 0 Å². The summed E-state index contributed by atoms with van der Waals surface area (Å²) in [4.78, 5) is 0. The third kappa shape index (κ3) is 1.69. The van der Waals surface area contributed by atoms with Crippen molar-refractivity contribution in [3.05, 3.63) is 48.5 Å². The van der Waals surface area contributed by atoms with Crippen molar-refractivity contribution < 1.29 is 10.2 Å². The molecule has 2 aromatic carbocycles. The first-order valence-corrected chi connectivity index (χ1v) is 4.26. The number of rotatable bonds is 1. The molecule has 0 saturated carbocycles. The molecule has 14 heavy (non-hydrogen) atoms. The van der Waals surface area contributed by atoms with Gasteiger partial charge in [0.1, 0.15) is 11.5 Å². The molecule has 0 aromatic heterocycles. The van der Waals surface area contributed by atoms with Crippen LogP contribution in [0.5, 0.6) is 11.5 Å². The molecule has 1 radical (unpaired) electrons. The van der Waals surface area contributed by atoms with Crippen molar-refractivity contribution in [1.82, 2.24) is 0 Å². The van der Waals surface area contributed by atoms with Gasteiger partial charge in [0.05, 0.1) is 0 Å². The second-order valence-electron chi connectivity index (χ2n) is 3.01. The van der Waals surface area contributed by atoms with Crippen LogP contribution in [0.15, 0.2) is 42.5 Å². The van der Waals surface area contributed by atoms with E-state index in [4.69, 9.17) is 10.2 Å². The number of hydrogen-bond donors (Lipinski definition) is 2. The average Bonchev–Trinajstić information content (AvgIpc) is 2.21. The Morgan fingerprint density at radius 1 is 0.786 bits per heavy atom. The largest absolute Gasteiger partial charge is 0.508 e. The molecule has 2 rings (SSSR count). The van der Waals surface area contributed by atoms with Gasteiger partial charge in [-0.05, 0) is 35.4 Å². The maximum absolute atomic E-state index is 9.10. The van der Waals surface area contributed by atoms with Crippen LogP contribution in [0, 0.1) is 6.07 Å². The van der Waals surface area contributed by atoms with Gasteiger partial charge in [-0.2, -0.15) is 0 Å². The summed E-state index contributed by atoms with van der Waals surface area (Å²) in [5, 5.41) is 18.2. The monoisotopic (exact) mass is 185 g/mol. The molecule has 0 atom stereocenters. The van der Waals surface area contributed by atoms with Gasteiger partial charge in [-0.15, -0.1) is 0 Å². The van der Waals surface area contributed by atoms with Crippen LogP contribution < -0.4 is 0 Å². The smallest absolute Gasteiger partial charge is 0.123 e. The van der Waals surface area contributed by atoms with Gasteiger partial charge < -0.3 is 10.2 Å². The fourth-order valence-corrected chi connectivity index (χ4v) is 1.25. The molecule has 2 heteroatoms. The third-order valence-corrected chi connectivity index (χ3v) is 2.00. The quantitative estimate of drug-likeness (QED) is 0.716. The van der Waals surface area contributed by atoms with Crippen molar-refractivity contribution in [1.29, 1.82) is 0 Å². The minimum Gasteiger partial charge on any atom is -0.508 e. The summed E-state index contributed by atoms with van der Waals surface area (Å²) >= 11 is 0. The second-order valence-corrected chi connectivity index (χ2v) is 3.01. The van der Waals surface area contributed by atoms with E-state index in [0.29, 0.717) is 0 Å². The van der Waals surface area contributed by atoms with E-state index >= 15 is 0 Å². The highest BCUT2D eigenvalue weighted by Gasteiger charge is 1.97. The molecule has 2 N–H and O–H groups in total. The predicted octanol–water partition coefficient (Wildman–Crippen LogP) is 2.56. The highest BCUT2D eigenvalue weighted by molar-refractivity contribution is 5.64. The van der Waals surface area contributed by atoms with Gasteiger partial charge in [-0.3, -0.25) is 0 Å². The van der Waals surface area contributed by atoms with Gasteiger partial charge in [0, 0.05) is 6.07 Å². The minimum atomic E-state index is 0.132. The van der Waals surface area contributed by atoms with Crippen molar-refractivity contribution in [3.63, 3.8) is 0 Å². The number of benzene rings is 2. The Balaban J connectivity index is 2.40. The van der Waals surface area contributed by atoms with E-state index in [1.54, 1.807) is 30.3 Å². The zero-order chi connectivity index (χ0) is 9.97. The fourth-order valence-electron chi connectivity index (χ4n) is 1.25. The maximum atomic E-state index is 9.10. The molecule has 0 amide bonds. The van der Waals surface area contributed by atoms with Crippen molar-refractivity contribution in [3.8, 4) is 22.6 Å². The van der Waals surface area contributed by atoms with E-state index in [2.05, 4.69) is 6.07 Å². The first-order valence-electron chi connectivity index (χ1n) is 4.26. The standard InChI is InChI=1S/C12H9O2/c13-11-5-1-9(2-6-11)10-3-7-12(14)8-4-10/h1-7,13-14H. The molecule has 0 bridgehead atoms. The number of phenolic OH excluding ortho intramolecular Hbond substituents is 2. The van der Waals surface area contributed by atoms with Crippen molar-refractivity contribution >= 4 is 0 Å². The van der Waals surface area contributed by atoms with Gasteiger partial charge in [-0.25, -0.2) is 0 Å². The van der Waals surface area contributed by atoms with Crippen LogP contribution in [-0.2, 0) is 0 Å². The molecule has 0 aliphatic rings. The van der Waals surface area contributed by atoms with Crippen LogP contribution in [0.4, 0.5) is 0 Å². The van der Waals surface area contributed by atoms with E-state index in [-0.39, 0.29) is 11.5 Å². The van der Waals surface area contributed by atoms with E-state index in [0.717, 1.165) is 11.1 Å². The summed E-state index contributed by atoms with van der Waals surface area (Å²) < 4.78 is 0. The minimum absolute atomic E-state index is 0.132. The lowest BCUT2D eigenvalue weighted by Crippen LogP contribution is -1.76. The molecular weight excluding hydrogens is 176 g/mol. The van der Waals surface area contributed by atoms with Gasteiger partial charge in [-0.1, -0.05) is 18.2 Å². The fraction of sp³-hybridized carbons (Fsp3) is 0. The van der Waals surface area contributed by atoms with Gasteiger partial charge >= 0.3 is 0 Å². The zero-order valence-electron chi connectivity index (χ0n) is 7.44. The number of aromatic hydroxyl groups is 2. The van der Waals surface area contributed by atoms with E-state index < -0.39 is 0 Å². The van der Waals surface area contributed by atoms with Gasteiger partial charge in [0.25, 0.3) is 0 Å². The van der Waals surface area contributed by atoms with Crippen LogP contribution >= 0.6 is 0 Å². The Morgan fingerprint density at radius 3 is 2.00 bits per heavy atom. The summed E-state index contributed by atoms with van der Waals surface area (Å²) in [5.41, 5.74) is 1.95. The zero-order valence-corrected chi connectivity index (χ0v) is 7.44.